The Balaban J connectivity index is 1.05. The first kappa shape index (κ1) is 33.5. The van der Waals surface area contributed by atoms with Gasteiger partial charge in [0.1, 0.15) is 0 Å². The molecule has 2 nitrogen and oxygen atoms in total. The fourth-order valence-corrected chi connectivity index (χ4v) is 9.62. The summed E-state index contributed by atoms with van der Waals surface area (Å²) in [5.74, 6) is 0.974. The maximum atomic E-state index is 2.41. The minimum Gasteiger partial charge on any atom is -0.309 e. The lowest BCUT2D eigenvalue weighted by Gasteiger charge is -2.11. The van der Waals surface area contributed by atoms with Gasteiger partial charge in [0.15, 0.2) is 0 Å². The van der Waals surface area contributed by atoms with Gasteiger partial charge in [-0.25, -0.2) is 0 Å². The lowest BCUT2D eigenvalue weighted by atomic mass is 9.98. The van der Waals surface area contributed by atoms with Gasteiger partial charge in [-0.2, -0.15) is 0 Å². The molecule has 3 heteroatoms. The zero-order chi connectivity index (χ0) is 37.7. The Hall–Kier alpha value is -6.81. The third-order valence-electron chi connectivity index (χ3n) is 11.5. The average molecular weight is 747 g/mol. The maximum absolute atomic E-state index is 2.41. The van der Waals surface area contributed by atoms with Gasteiger partial charge >= 0.3 is 0 Å². The SMILES string of the molecule is C1=C\CSc2cc(-c3ccc4c(c3)c3cc(-c5ccc6c(c5)c5ccccc5n6-c5ccc(-c6ccccc6)cc5)ccc3n4-c3ccccc3)ccc2C\C=C/1. The summed E-state index contributed by atoms with van der Waals surface area (Å²) >= 11 is 1.92. The molecule has 8 aromatic carbocycles. The van der Waals surface area contributed by atoms with E-state index >= 15 is 0 Å². The zero-order valence-corrected chi connectivity index (χ0v) is 32.2. The van der Waals surface area contributed by atoms with Gasteiger partial charge in [0.05, 0.1) is 22.1 Å². The van der Waals surface area contributed by atoms with Crippen molar-refractivity contribution in [3.05, 3.63) is 212 Å². The van der Waals surface area contributed by atoms with E-state index in [1.165, 1.54) is 93.1 Å². The summed E-state index contributed by atoms with van der Waals surface area (Å²) in [6.45, 7) is 0. The lowest BCUT2D eigenvalue weighted by Crippen LogP contribution is -1.94. The molecule has 0 saturated carbocycles. The Kier molecular flexibility index (Phi) is 8.26. The molecule has 0 amide bonds. The van der Waals surface area contributed by atoms with Crippen LogP contribution in [0.3, 0.4) is 0 Å². The van der Waals surface area contributed by atoms with Crippen molar-refractivity contribution in [2.24, 2.45) is 0 Å². The third-order valence-corrected chi connectivity index (χ3v) is 12.5. The smallest absolute Gasteiger partial charge is 0.0541 e. The minimum absolute atomic E-state index is 0.952. The van der Waals surface area contributed by atoms with E-state index < -0.39 is 0 Å². The zero-order valence-electron chi connectivity index (χ0n) is 31.3. The van der Waals surface area contributed by atoms with Crippen molar-refractivity contribution < 1.29 is 0 Å². The molecule has 0 aliphatic carbocycles. The summed E-state index contributed by atoms with van der Waals surface area (Å²) in [4.78, 5) is 1.36. The van der Waals surface area contributed by atoms with Crippen LogP contribution >= 0.6 is 11.8 Å². The molecule has 0 unspecified atom stereocenters. The first-order valence-electron chi connectivity index (χ1n) is 19.7. The predicted molar refractivity (Wildman–Crippen MR) is 244 cm³/mol. The van der Waals surface area contributed by atoms with Crippen LogP contribution in [0.25, 0.3) is 88.4 Å². The summed E-state index contributed by atoms with van der Waals surface area (Å²) in [6, 6.07) is 67.1. The van der Waals surface area contributed by atoms with Gasteiger partial charge in [-0.3, -0.25) is 0 Å². The van der Waals surface area contributed by atoms with E-state index in [1.54, 1.807) is 0 Å². The molecule has 270 valence electrons. The van der Waals surface area contributed by atoms with Crippen molar-refractivity contribution in [1.82, 2.24) is 9.13 Å². The Labute approximate surface area is 336 Å². The molecular weight excluding hydrogens is 709 g/mol. The first-order valence-corrected chi connectivity index (χ1v) is 20.7. The summed E-state index contributed by atoms with van der Waals surface area (Å²) in [6.07, 6.45) is 9.77. The Morgan fingerprint density at radius 3 is 1.49 bits per heavy atom. The second-order valence-electron chi connectivity index (χ2n) is 14.8. The van der Waals surface area contributed by atoms with Crippen molar-refractivity contribution in [2.45, 2.75) is 11.3 Å². The lowest BCUT2D eigenvalue weighted by molar-refractivity contribution is 1.18. The fourth-order valence-electron chi connectivity index (χ4n) is 8.68. The number of para-hydroxylation sites is 2. The number of hydrogen-bond acceptors (Lipinski definition) is 1. The number of fused-ring (bicyclic) bond motifs is 7. The van der Waals surface area contributed by atoms with Crippen molar-refractivity contribution in [3.63, 3.8) is 0 Å². The highest BCUT2D eigenvalue weighted by atomic mass is 32.2. The molecule has 1 aliphatic heterocycles. The number of allylic oxidation sites excluding steroid dienone is 3. The van der Waals surface area contributed by atoms with Gasteiger partial charge in [-0.1, -0.05) is 133 Å². The van der Waals surface area contributed by atoms with Gasteiger partial charge in [0.25, 0.3) is 0 Å². The molecule has 10 aromatic rings. The van der Waals surface area contributed by atoms with Crippen LogP contribution in [-0.2, 0) is 6.42 Å². The fraction of sp³-hybridized carbons (Fsp3) is 0.0370. The monoisotopic (exact) mass is 746 g/mol. The largest absolute Gasteiger partial charge is 0.309 e. The molecule has 0 radical (unpaired) electrons. The molecule has 0 fully saturated rings. The van der Waals surface area contributed by atoms with E-state index in [0.29, 0.717) is 0 Å². The summed E-state index contributed by atoms with van der Waals surface area (Å²) in [5, 5.41) is 5.02. The van der Waals surface area contributed by atoms with Crippen molar-refractivity contribution in [3.8, 4) is 44.8 Å². The maximum Gasteiger partial charge on any atom is 0.0541 e. The van der Waals surface area contributed by atoms with Crippen LogP contribution in [0.1, 0.15) is 5.56 Å². The molecule has 0 bridgehead atoms. The average Bonchev–Trinajstić information content (AvgIpc) is 3.82. The molecular formula is C54H38N2S. The van der Waals surface area contributed by atoms with E-state index in [0.717, 1.165) is 17.9 Å². The Morgan fingerprint density at radius 2 is 0.825 bits per heavy atom. The van der Waals surface area contributed by atoms with Gasteiger partial charge in [0.2, 0.25) is 0 Å². The molecule has 3 heterocycles. The highest BCUT2D eigenvalue weighted by Crippen LogP contribution is 2.40. The van der Waals surface area contributed by atoms with Crippen LogP contribution in [0.15, 0.2) is 211 Å². The predicted octanol–water partition coefficient (Wildman–Crippen LogP) is 14.6. The molecule has 1 aliphatic rings. The van der Waals surface area contributed by atoms with Crippen molar-refractivity contribution in [1.29, 1.82) is 0 Å². The van der Waals surface area contributed by atoms with Crippen LogP contribution < -0.4 is 0 Å². The van der Waals surface area contributed by atoms with E-state index in [1.807, 2.05) is 11.8 Å². The number of nitrogens with zero attached hydrogens (tertiary/aromatic N) is 2. The highest BCUT2D eigenvalue weighted by molar-refractivity contribution is 7.99. The summed E-state index contributed by atoms with van der Waals surface area (Å²) in [7, 11) is 0. The van der Waals surface area contributed by atoms with Crippen molar-refractivity contribution >= 4 is 55.4 Å². The van der Waals surface area contributed by atoms with Crippen LogP contribution in [0.2, 0.25) is 0 Å². The minimum atomic E-state index is 0.952. The summed E-state index contributed by atoms with van der Waals surface area (Å²) < 4.78 is 4.82. The molecule has 0 saturated heterocycles. The van der Waals surface area contributed by atoms with E-state index in [4.69, 9.17) is 0 Å². The number of rotatable bonds is 5. The van der Waals surface area contributed by atoms with Crippen LogP contribution in [0.4, 0.5) is 0 Å². The topological polar surface area (TPSA) is 9.86 Å². The second kappa shape index (κ2) is 14.0. The second-order valence-corrected chi connectivity index (χ2v) is 15.9. The molecule has 0 atom stereocenters. The first-order chi connectivity index (χ1) is 28.3. The van der Waals surface area contributed by atoms with Crippen LogP contribution in [0.5, 0.6) is 0 Å². The van der Waals surface area contributed by atoms with Gasteiger partial charge in [-0.05, 0) is 118 Å². The number of benzene rings is 8. The summed E-state index contributed by atoms with van der Waals surface area (Å²) in [5.41, 5.74) is 15.9. The van der Waals surface area contributed by atoms with Crippen LogP contribution in [0, 0.1) is 0 Å². The highest BCUT2D eigenvalue weighted by Gasteiger charge is 2.17. The molecule has 2 aromatic heterocycles. The van der Waals surface area contributed by atoms with Crippen molar-refractivity contribution in [2.75, 3.05) is 5.75 Å². The van der Waals surface area contributed by atoms with Crippen LogP contribution in [-0.4, -0.2) is 14.9 Å². The third kappa shape index (κ3) is 5.91. The van der Waals surface area contributed by atoms with Gasteiger partial charge < -0.3 is 9.13 Å². The normalized spacial score (nSPS) is 14.0. The quantitative estimate of drug-likeness (QED) is 0.170. The van der Waals surface area contributed by atoms with Gasteiger partial charge in [-0.15, -0.1) is 11.8 Å². The standard InChI is InChI=1S/C54H38N2S/c1-2-12-32-57-54-36-43(21-20-39(54)15-5-1)42-26-31-53-49(35-42)48-34-41(25-30-52(48)55(53)44-16-8-4-9-17-44)40-24-29-51-47(33-40)46-18-10-11-19-50(46)56(51)45-27-22-38(23-28-45)37-13-6-3-7-14-37/h1-14,16-31,33-36H,15,32H2/b5-1-,12-2-. The molecule has 11 rings (SSSR count). The van der Waals surface area contributed by atoms with E-state index in [9.17, 15) is 0 Å². The Bertz CT molecular complexity index is 3180. The number of hydrogen-bond donors (Lipinski definition) is 0. The molecule has 57 heavy (non-hydrogen) atoms. The molecule has 0 spiro atoms. The Morgan fingerprint density at radius 1 is 0.351 bits per heavy atom. The van der Waals surface area contributed by atoms with E-state index in [-0.39, 0.29) is 0 Å². The number of thioether (sulfide) groups is 1. The molecule has 0 N–H and O–H groups in total. The van der Waals surface area contributed by atoms with Gasteiger partial charge in [0, 0.05) is 43.6 Å². The number of aromatic nitrogens is 2. The van der Waals surface area contributed by atoms with E-state index in [2.05, 4.69) is 215 Å².